The number of nitrogens with one attached hydrogen (secondary N) is 1. The molecule has 0 bridgehead atoms. The van der Waals surface area contributed by atoms with E-state index < -0.39 is 0 Å². The molecule has 1 aromatic heterocycles. The molecule has 0 aliphatic carbocycles. The fourth-order valence-corrected chi connectivity index (χ4v) is 2.83. The molecule has 152 valence electrons. The molecule has 0 unspecified atom stereocenters. The van der Waals surface area contributed by atoms with Gasteiger partial charge in [-0.2, -0.15) is 0 Å². The fraction of sp³-hybridized carbons (Fsp3) is 0.292. The van der Waals surface area contributed by atoms with Crippen LogP contribution in [0.25, 0.3) is 0 Å². The van der Waals surface area contributed by atoms with E-state index in [1.165, 1.54) is 5.56 Å². The number of pyridine rings is 1. The Bertz CT molecular complexity index is 867. The molecule has 0 aliphatic heterocycles. The first-order valence-electron chi connectivity index (χ1n) is 9.84. The summed E-state index contributed by atoms with van der Waals surface area (Å²) in [5.41, 5.74) is 3.53. The molecule has 0 saturated heterocycles. The average Bonchev–Trinajstić information content (AvgIpc) is 2.77. The standard InChI is InChI=1S/C24H28N2O3/c1-19-7-9-20(10-8-19)18-29-22-12-11-21(16-23(22)27-2)17-25-13-5-15-28-24-6-3-4-14-26-24/h3-4,6-12,14,16,25H,5,13,15,17-18H2,1-2H3. The van der Waals surface area contributed by atoms with Gasteiger partial charge >= 0.3 is 0 Å². The molecule has 5 heteroatoms. The van der Waals surface area contributed by atoms with E-state index in [-0.39, 0.29) is 0 Å². The summed E-state index contributed by atoms with van der Waals surface area (Å²) in [4.78, 5) is 4.14. The number of methoxy groups -OCH3 is 1. The Morgan fingerprint density at radius 1 is 0.897 bits per heavy atom. The predicted molar refractivity (Wildman–Crippen MR) is 115 cm³/mol. The van der Waals surface area contributed by atoms with Crippen LogP contribution in [0.15, 0.2) is 66.9 Å². The van der Waals surface area contributed by atoms with Gasteiger partial charge in [-0.25, -0.2) is 4.98 Å². The molecule has 3 rings (SSSR count). The number of hydrogen-bond acceptors (Lipinski definition) is 5. The summed E-state index contributed by atoms with van der Waals surface area (Å²) in [6.45, 7) is 4.86. The van der Waals surface area contributed by atoms with Gasteiger partial charge in [0.25, 0.3) is 0 Å². The average molecular weight is 392 g/mol. The summed E-state index contributed by atoms with van der Waals surface area (Å²) in [5, 5.41) is 3.43. The Kier molecular flexibility index (Phi) is 7.90. The van der Waals surface area contributed by atoms with Crippen LogP contribution in [0.4, 0.5) is 0 Å². The number of nitrogens with zero attached hydrogens (tertiary/aromatic N) is 1. The van der Waals surface area contributed by atoms with Crippen LogP contribution in [-0.4, -0.2) is 25.2 Å². The lowest BCUT2D eigenvalue weighted by molar-refractivity contribution is 0.284. The van der Waals surface area contributed by atoms with Crippen LogP contribution < -0.4 is 19.5 Å². The van der Waals surface area contributed by atoms with Gasteiger partial charge in [-0.15, -0.1) is 0 Å². The lowest BCUT2D eigenvalue weighted by Crippen LogP contribution is -2.17. The third-order valence-corrected chi connectivity index (χ3v) is 4.46. The molecule has 3 aromatic rings. The lowest BCUT2D eigenvalue weighted by atomic mass is 10.1. The Labute approximate surface area is 172 Å². The van der Waals surface area contributed by atoms with Gasteiger partial charge in [-0.05, 0) is 49.2 Å². The van der Waals surface area contributed by atoms with Crippen molar-refractivity contribution in [2.45, 2.75) is 26.5 Å². The normalized spacial score (nSPS) is 10.6. The van der Waals surface area contributed by atoms with Gasteiger partial charge in [0.2, 0.25) is 5.88 Å². The van der Waals surface area contributed by atoms with Gasteiger partial charge < -0.3 is 19.5 Å². The van der Waals surface area contributed by atoms with E-state index in [0.29, 0.717) is 19.1 Å². The summed E-state index contributed by atoms with van der Waals surface area (Å²) in [6, 6.07) is 20.0. The lowest BCUT2D eigenvalue weighted by Gasteiger charge is -2.13. The molecular formula is C24H28N2O3. The third kappa shape index (κ3) is 6.80. The molecule has 0 atom stereocenters. The maximum Gasteiger partial charge on any atom is 0.213 e. The second-order valence-electron chi connectivity index (χ2n) is 6.81. The van der Waals surface area contributed by atoms with Crippen molar-refractivity contribution in [2.75, 3.05) is 20.3 Å². The van der Waals surface area contributed by atoms with Crippen molar-refractivity contribution < 1.29 is 14.2 Å². The topological polar surface area (TPSA) is 52.6 Å². The van der Waals surface area contributed by atoms with Gasteiger partial charge in [-0.1, -0.05) is 42.0 Å². The van der Waals surface area contributed by atoms with E-state index >= 15 is 0 Å². The third-order valence-electron chi connectivity index (χ3n) is 4.46. The Morgan fingerprint density at radius 3 is 2.48 bits per heavy atom. The van der Waals surface area contributed by atoms with Gasteiger partial charge in [0.05, 0.1) is 13.7 Å². The highest BCUT2D eigenvalue weighted by atomic mass is 16.5. The van der Waals surface area contributed by atoms with E-state index in [2.05, 4.69) is 47.6 Å². The predicted octanol–water partition coefficient (Wildman–Crippen LogP) is 4.54. The minimum atomic E-state index is 0.518. The van der Waals surface area contributed by atoms with Crippen molar-refractivity contribution >= 4 is 0 Å². The number of aromatic nitrogens is 1. The van der Waals surface area contributed by atoms with Crippen molar-refractivity contribution in [3.63, 3.8) is 0 Å². The first-order valence-corrected chi connectivity index (χ1v) is 9.84. The molecule has 0 spiro atoms. The van der Waals surface area contributed by atoms with Gasteiger partial charge in [-0.3, -0.25) is 0 Å². The quantitative estimate of drug-likeness (QED) is 0.486. The summed E-state index contributed by atoms with van der Waals surface area (Å²) in [6.07, 6.45) is 2.64. The van der Waals surface area contributed by atoms with Gasteiger partial charge in [0, 0.05) is 18.8 Å². The molecule has 5 nitrogen and oxygen atoms in total. The molecule has 0 radical (unpaired) electrons. The monoisotopic (exact) mass is 392 g/mol. The highest BCUT2D eigenvalue weighted by molar-refractivity contribution is 5.43. The van der Waals surface area contributed by atoms with Crippen LogP contribution in [0.1, 0.15) is 23.1 Å². The zero-order valence-corrected chi connectivity index (χ0v) is 17.1. The Balaban J connectivity index is 1.41. The highest BCUT2D eigenvalue weighted by Crippen LogP contribution is 2.28. The first-order chi connectivity index (χ1) is 14.2. The molecule has 0 amide bonds. The van der Waals surface area contributed by atoms with E-state index in [1.54, 1.807) is 13.3 Å². The second kappa shape index (κ2) is 11.1. The summed E-state index contributed by atoms with van der Waals surface area (Å²) >= 11 is 0. The number of rotatable bonds is 11. The fourth-order valence-electron chi connectivity index (χ4n) is 2.83. The molecule has 29 heavy (non-hydrogen) atoms. The minimum Gasteiger partial charge on any atom is -0.493 e. The zero-order valence-electron chi connectivity index (χ0n) is 17.1. The highest BCUT2D eigenvalue weighted by Gasteiger charge is 2.06. The Morgan fingerprint density at radius 2 is 1.72 bits per heavy atom. The summed E-state index contributed by atoms with van der Waals surface area (Å²) in [5.74, 6) is 2.16. The number of hydrogen-bond donors (Lipinski definition) is 1. The zero-order chi connectivity index (χ0) is 20.3. The van der Waals surface area contributed by atoms with E-state index in [1.807, 2.05) is 30.3 Å². The van der Waals surface area contributed by atoms with E-state index in [9.17, 15) is 0 Å². The van der Waals surface area contributed by atoms with Crippen molar-refractivity contribution in [1.82, 2.24) is 10.3 Å². The molecule has 1 N–H and O–H groups in total. The van der Waals surface area contributed by atoms with Crippen LogP contribution in [0, 0.1) is 6.92 Å². The summed E-state index contributed by atoms with van der Waals surface area (Å²) in [7, 11) is 1.67. The van der Waals surface area contributed by atoms with E-state index in [0.717, 1.165) is 42.1 Å². The smallest absolute Gasteiger partial charge is 0.213 e. The summed E-state index contributed by atoms with van der Waals surface area (Å²) < 4.78 is 17.0. The molecule has 0 aliphatic rings. The van der Waals surface area contributed by atoms with Crippen LogP contribution >= 0.6 is 0 Å². The minimum absolute atomic E-state index is 0.518. The molecule has 2 aromatic carbocycles. The Hall–Kier alpha value is -3.05. The van der Waals surface area contributed by atoms with Crippen molar-refractivity contribution in [2.24, 2.45) is 0 Å². The largest absolute Gasteiger partial charge is 0.493 e. The molecule has 0 fully saturated rings. The maximum absolute atomic E-state index is 5.94. The van der Waals surface area contributed by atoms with Gasteiger partial charge in [0.15, 0.2) is 11.5 Å². The molecular weight excluding hydrogens is 364 g/mol. The first kappa shape index (κ1) is 20.7. The SMILES string of the molecule is COc1cc(CNCCCOc2ccccn2)ccc1OCc1ccc(C)cc1. The number of benzene rings is 2. The van der Waals surface area contributed by atoms with Crippen LogP contribution in [0.3, 0.4) is 0 Å². The van der Waals surface area contributed by atoms with Crippen molar-refractivity contribution in [3.05, 3.63) is 83.6 Å². The molecule has 0 saturated carbocycles. The molecule has 1 heterocycles. The van der Waals surface area contributed by atoms with E-state index in [4.69, 9.17) is 14.2 Å². The van der Waals surface area contributed by atoms with Crippen molar-refractivity contribution in [1.29, 1.82) is 0 Å². The number of ether oxygens (including phenoxy) is 3. The second-order valence-corrected chi connectivity index (χ2v) is 6.81. The van der Waals surface area contributed by atoms with Crippen LogP contribution in [0.2, 0.25) is 0 Å². The van der Waals surface area contributed by atoms with Crippen LogP contribution in [0.5, 0.6) is 17.4 Å². The van der Waals surface area contributed by atoms with Crippen molar-refractivity contribution in [3.8, 4) is 17.4 Å². The van der Waals surface area contributed by atoms with Gasteiger partial charge in [0.1, 0.15) is 6.61 Å². The number of aryl methyl sites for hydroxylation is 1. The maximum atomic E-state index is 5.94. The van der Waals surface area contributed by atoms with Crippen LogP contribution in [-0.2, 0) is 13.2 Å².